The molecule has 0 radical (unpaired) electrons. The Morgan fingerprint density at radius 2 is 1.65 bits per heavy atom. The second-order valence-corrected chi connectivity index (χ2v) is 5.68. The number of benzene rings is 2. The standard InChI is InChI=1S/C18H20O2/c1-13(2)20-17-10-6-5-9-16(17)18(19)12-11-14-7-3-4-8-15(14)18/h3-10,13,19H,11-12H2,1-2H3. The molecule has 0 bridgehead atoms. The van der Waals surface area contributed by atoms with E-state index in [0.29, 0.717) is 6.42 Å². The van der Waals surface area contributed by atoms with E-state index in [1.54, 1.807) is 0 Å². The number of hydrogen-bond donors (Lipinski definition) is 1. The summed E-state index contributed by atoms with van der Waals surface area (Å²) in [6, 6.07) is 16.0. The van der Waals surface area contributed by atoms with Crippen LogP contribution in [0.2, 0.25) is 0 Å². The molecule has 1 N–H and O–H groups in total. The molecular weight excluding hydrogens is 248 g/mol. The third-order valence-corrected chi connectivity index (χ3v) is 3.91. The van der Waals surface area contributed by atoms with Crippen molar-refractivity contribution in [3.05, 3.63) is 65.2 Å². The summed E-state index contributed by atoms with van der Waals surface area (Å²) < 4.78 is 5.88. The van der Waals surface area contributed by atoms with Gasteiger partial charge in [-0.2, -0.15) is 0 Å². The molecule has 0 aromatic heterocycles. The van der Waals surface area contributed by atoms with E-state index in [9.17, 15) is 5.11 Å². The van der Waals surface area contributed by atoms with E-state index in [4.69, 9.17) is 4.74 Å². The van der Waals surface area contributed by atoms with Crippen LogP contribution in [0.3, 0.4) is 0 Å². The van der Waals surface area contributed by atoms with Crippen molar-refractivity contribution in [1.82, 2.24) is 0 Å². The average Bonchev–Trinajstić information content (AvgIpc) is 2.78. The molecule has 0 spiro atoms. The quantitative estimate of drug-likeness (QED) is 0.920. The van der Waals surface area contributed by atoms with Crippen LogP contribution < -0.4 is 4.74 Å². The van der Waals surface area contributed by atoms with Crippen molar-refractivity contribution < 1.29 is 9.84 Å². The molecule has 3 rings (SSSR count). The lowest BCUT2D eigenvalue weighted by Crippen LogP contribution is -2.25. The maximum Gasteiger partial charge on any atom is 0.126 e. The molecule has 2 aromatic rings. The van der Waals surface area contributed by atoms with Crippen molar-refractivity contribution >= 4 is 0 Å². The number of aryl methyl sites for hydroxylation is 1. The van der Waals surface area contributed by atoms with Gasteiger partial charge in [-0.1, -0.05) is 42.5 Å². The van der Waals surface area contributed by atoms with Crippen LogP contribution in [-0.4, -0.2) is 11.2 Å². The van der Waals surface area contributed by atoms with Gasteiger partial charge in [-0.15, -0.1) is 0 Å². The first-order valence-corrected chi connectivity index (χ1v) is 7.18. The first-order valence-electron chi connectivity index (χ1n) is 7.18. The summed E-state index contributed by atoms with van der Waals surface area (Å²) >= 11 is 0. The Hall–Kier alpha value is -1.80. The first-order chi connectivity index (χ1) is 9.61. The molecule has 2 nitrogen and oxygen atoms in total. The molecule has 0 heterocycles. The largest absolute Gasteiger partial charge is 0.491 e. The summed E-state index contributed by atoms with van der Waals surface area (Å²) in [5.41, 5.74) is 2.19. The van der Waals surface area contributed by atoms with Crippen LogP contribution in [0, 0.1) is 0 Å². The Labute approximate surface area is 120 Å². The van der Waals surface area contributed by atoms with E-state index in [1.165, 1.54) is 5.56 Å². The highest BCUT2D eigenvalue weighted by Crippen LogP contribution is 2.45. The smallest absolute Gasteiger partial charge is 0.126 e. The number of aliphatic hydroxyl groups is 1. The monoisotopic (exact) mass is 268 g/mol. The van der Waals surface area contributed by atoms with Gasteiger partial charge in [0.25, 0.3) is 0 Å². The minimum Gasteiger partial charge on any atom is -0.491 e. The third kappa shape index (κ3) is 2.10. The van der Waals surface area contributed by atoms with E-state index < -0.39 is 5.60 Å². The summed E-state index contributed by atoms with van der Waals surface area (Å²) in [7, 11) is 0. The molecule has 2 heteroatoms. The fraction of sp³-hybridized carbons (Fsp3) is 0.333. The van der Waals surface area contributed by atoms with Gasteiger partial charge in [0.15, 0.2) is 0 Å². The van der Waals surface area contributed by atoms with Gasteiger partial charge in [-0.3, -0.25) is 0 Å². The van der Waals surface area contributed by atoms with Gasteiger partial charge >= 0.3 is 0 Å². The topological polar surface area (TPSA) is 29.5 Å². The number of ether oxygens (including phenoxy) is 1. The molecule has 104 valence electrons. The zero-order valence-electron chi connectivity index (χ0n) is 12.0. The van der Waals surface area contributed by atoms with Crippen molar-refractivity contribution in [1.29, 1.82) is 0 Å². The van der Waals surface area contributed by atoms with Crippen molar-refractivity contribution in [3.63, 3.8) is 0 Å². The summed E-state index contributed by atoms with van der Waals surface area (Å²) in [6.07, 6.45) is 1.71. The molecule has 1 unspecified atom stereocenters. The summed E-state index contributed by atoms with van der Waals surface area (Å²) in [6.45, 7) is 4.01. The summed E-state index contributed by atoms with van der Waals surface area (Å²) in [5.74, 6) is 0.779. The zero-order chi connectivity index (χ0) is 14.2. The predicted molar refractivity (Wildman–Crippen MR) is 80.0 cm³/mol. The van der Waals surface area contributed by atoms with Gasteiger partial charge in [0.05, 0.1) is 6.10 Å². The van der Waals surface area contributed by atoms with E-state index >= 15 is 0 Å². The summed E-state index contributed by atoms with van der Waals surface area (Å²) in [5, 5.41) is 11.2. The number of rotatable bonds is 3. The predicted octanol–water partition coefficient (Wildman–Crippen LogP) is 3.66. The number of fused-ring (bicyclic) bond motifs is 1. The molecular formula is C18H20O2. The van der Waals surface area contributed by atoms with E-state index in [0.717, 1.165) is 23.3 Å². The van der Waals surface area contributed by atoms with E-state index in [2.05, 4.69) is 6.07 Å². The van der Waals surface area contributed by atoms with Gasteiger partial charge in [0.2, 0.25) is 0 Å². The highest BCUT2D eigenvalue weighted by atomic mass is 16.5. The minimum absolute atomic E-state index is 0.0939. The molecule has 1 aliphatic carbocycles. The molecule has 0 amide bonds. The second kappa shape index (κ2) is 4.95. The van der Waals surface area contributed by atoms with Gasteiger partial charge in [-0.05, 0) is 43.9 Å². The van der Waals surface area contributed by atoms with Crippen molar-refractivity contribution in [2.45, 2.75) is 38.4 Å². The van der Waals surface area contributed by atoms with Gasteiger partial charge in [0, 0.05) is 5.56 Å². The molecule has 0 aliphatic heterocycles. The highest BCUT2D eigenvalue weighted by molar-refractivity contribution is 5.50. The molecule has 2 aromatic carbocycles. The van der Waals surface area contributed by atoms with Crippen molar-refractivity contribution in [2.75, 3.05) is 0 Å². The lowest BCUT2D eigenvalue weighted by Gasteiger charge is -2.27. The molecule has 0 fully saturated rings. The fourth-order valence-corrected chi connectivity index (χ4v) is 3.04. The Morgan fingerprint density at radius 1 is 1.00 bits per heavy atom. The SMILES string of the molecule is CC(C)Oc1ccccc1C1(O)CCc2ccccc21. The first kappa shape index (κ1) is 13.2. The number of hydrogen-bond acceptors (Lipinski definition) is 2. The van der Waals surface area contributed by atoms with Gasteiger partial charge in [0.1, 0.15) is 11.4 Å². The molecule has 1 aliphatic rings. The van der Waals surface area contributed by atoms with Crippen molar-refractivity contribution in [3.8, 4) is 5.75 Å². The normalized spacial score (nSPS) is 21.0. The Balaban J connectivity index is 2.10. The number of para-hydroxylation sites is 1. The fourth-order valence-electron chi connectivity index (χ4n) is 3.04. The molecule has 20 heavy (non-hydrogen) atoms. The van der Waals surface area contributed by atoms with Crippen LogP contribution in [0.15, 0.2) is 48.5 Å². The highest BCUT2D eigenvalue weighted by Gasteiger charge is 2.40. The van der Waals surface area contributed by atoms with Crippen LogP contribution in [0.4, 0.5) is 0 Å². The third-order valence-electron chi connectivity index (χ3n) is 3.91. The Kier molecular flexibility index (Phi) is 3.27. The Morgan fingerprint density at radius 3 is 2.40 bits per heavy atom. The lowest BCUT2D eigenvalue weighted by atomic mass is 9.87. The van der Waals surface area contributed by atoms with Crippen LogP contribution in [-0.2, 0) is 12.0 Å². The lowest BCUT2D eigenvalue weighted by molar-refractivity contribution is 0.0774. The molecule has 1 atom stereocenters. The van der Waals surface area contributed by atoms with E-state index in [1.807, 2.05) is 56.3 Å². The second-order valence-electron chi connectivity index (χ2n) is 5.68. The van der Waals surface area contributed by atoms with Crippen molar-refractivity contribution in [2.24, 2.45) is 0 Å². The van der Waals surface area contributed by atoms with Gasteiger partial charge < -0.3 is 9.84 Å². The van der Waals surface area contributed by atoms with Crippen LogP contribution in [0.1, 0.15) is 37.0 Å². The van der Waals surface area contributed by atoms with Gasteiger partial charge in [-0.25, -0.2) is 0 Å². The van der Waals surface area contributed by atoms with Crippen LogP contribution in [0.25, 0.3) is 0 Å². The summed E-state index contributed by atoms with van der Waals surface area (Å²) in [4.78, 5) is 0. The maximum absolute atomic E-state index is 11.2. The minimum atomic E-state index is -0.928. The van der Waals surface area contributed by atoms with Crippen LogP contribution in [0.5, 0.6) is 5.75 Å². The maximum atomic E-state index is 11.2. The molecule has 0 saturated heterocycles. The van der Waals surface area contributed by atoms with Crippen LogP contribution >= 0.6 is 0 Å². The van der Waals surface area contributed by atoms with E-state index in [-0.39, 0.29) is 6.10 Å². The molecule has 0 saturated carbocycles. The Bertz CT molecular complexity index is 618. The average molecular weight is 268 g/mol. The zero-order valence-corrected chi connectivity index (χ0v) is 12.0.